The van der Waals surface area contributed by atoms with Crippen LogP contribution in [0.5, 0.6) is 0 Å². The molecule has 3 aromatic carbocycles. The van der Waals surface area contributed by atoms with E-state index >= 15 is 0 Å². The normalized spacial score (nSPS) is 11.1. The number of carbonyl (C=O) groups excluding carboxylic acids is 1. The molecule has 0 bridgehead atoms. The maximum Gasteiger partial charge on any atom is 0.264 e. The third kappa shape index (κ3) is 5.00. The highest BCUT2D eigenvalue weighted by molar-refractivity contribution is 7.92. The van der Waals surface area contributed by atoms with E-state index in [1.807, 2.05) is 31.2 Å². The monoisotopic (exact) mass is 412 g/mol. The number of sulfonamides is 1. The van der Waals surface area contributed by atoms with E-state index in [0.717, 1.165) is 21.5 Å². The van der Waals surface area contributed by atoms with Crippen molar-refractivity contribution < 1.29 is 17.6 Å². The first-order valence-electron chi connectivity index (χ1n) is 9.02. The van der Waals surface area contributed by atoms with Crippen LogP contribution >= 0.6 is 0 Å². The zero-order chi connectivity index (χ0) is 20.9. The minimum atomic E-state index is -4.13. The summed E-state index contributed by atoms with van der Waals surface area (Å²) in [6.07, 6.45) is 0. The fourth-order valence-corrected chi connectivity index (χ4v) is 4.22. The Labute approximate surface area is 169 Å². The van der Waals surface area contributed by atoms with Crippen molar-refractivity contribution in [2.45, 2.75) is 18.4 Å². The van der Waals surface area contributed by atoms with Gasteiger partial charge < -0.3 is 5.32 Å². The second kappa shape index (κ2) is 8.87. The highest BCUT2D eigenvalue weighted by atomic mass is 32.2. The van der Waals surface area contributed by atoms with Crippen LogP contribution in [0.3, 0.4) is 0 Å². The minimum Gasteiger partial charge on any atom is -0.350 e. The van der Waals surface area contributed by atoms with E-state index < -0.39 is 28.3 Å². The molecular formula is C22H21FN2O3S. The Hall–Kier alpha value is -3.19. The molecule has 7 heteroatoms. The van der Waals surface area contributed by atoms with Gasteiger partial charge in [0.1, 0.15) is 12.4 Å². The fraction of sp³-hybridized carbons (Fsp3) is 0.136. The Balaban J connectivity index is 1.85. The number of halogens is 1. The number of hydrogen-bond acceptors (Lipinski definition) is 3. The minimum absolute atomic E-state index is 0.0189. The van der Waals surface area contributed by atoms with E-state index in [2.05, 4.69) is 5.32 Å². The van der Waals surface area contributed by atoms with Gasteiger partial charge in [0, 0.05) is 6.54 Å². The summed E-state index contributed by atoms with van der Waals surface area (Å²) in [5.41, 5.74) is 1.80. The highest BCUT2D eigenvalue weighted by Gasteiger charge is 2.28. The zero-order valence-corrected chi connectivity index (χ0v) is 16.7. The van der Waals surface area contributed by atoms with Gasteiger partial charge in [0.2, 0.25) is 5.91 Å². The van der Waals surface area contributed by atoms with Crippen LogP contribution in [0.2, 0.25) is 0 Å². The SMILES string of the molecule is Cc1ccc(CNC(=O)CN(c2ccccc2F)S(=O)(=O)c2ccccc2)cc1. The molecule has 0 heterocycles. The topological polar surface area (TPSA) is 66.5 Å². The van der Waals surface area contributed by atoms with Gasteiger partial charge in [0.15, 0.2) is 0 Å². The standard InChI is InChI=1S/C22H21FN2O3S/c1-17-11-13-18(14-12-17)15-24-22(26)16-25(21-10-6-5-9-20(21)23)29(27,28)19-7-3-2-4-8-19/h2-14H,15-16H2,1H3,(H,24,26). The lowest BCUT2D eigenvalue weighted by Crippen LogP contribution is -2.41. The summed E-state index contributed by atoms with van der Waals surface area (Å²) in [4.78, 5) is 12.5. The number of para-hydroxylation sites is 1. The zero-order valence-electron chi connectivity index (χ0n) is 15.9. The summed E-state index contributed by atoms with van der Waals surface area (Å²) in [5.74, 6) is -1.26. The molecule has 0 atom stereocenters. The lowest BCUT2D eigenvalue weighted by Gasteiger charge is -2.24. The third-order valence-electron chi connectivity index (χ3n) is 4.35. The Morgan fingerprint density at radius 3 is 2.21 bits per heavy atom. The summed E-state index contributed by atoms with van der Waals surface area (Å²) < 4.78 is 41.4. The first-order valence-corrected chi connectivity index (χ1v) is 10.5. The number of benzene rings is 3. The number of carbonyl (C=O) groups is 1. The number of rotatable bonds is 7. The van der Waals surface area contributed by atoms with Crippen LogP contribution < -0.4 is 9.62 Å². The molecule has 0 aliphatic heterocycles. The Morgan fingerprint density at radius 2 is 1.55 bits per heavy atom. The third-order valence-corrected chi connectivity index (χ3v) is 6.12. The molecule has 1 amide bonds. The maximum absolute atomic E-state index is 14.4. The lowest BCUT2D eigenvalue weighted by molar-refractivity contribution is -0.119. The predicted octanol–water partition coefficient (Wildman–Crippen LogP) is 3.65. The van der Waals surface area contributed by atoms with Gasteiger partial charge in [-0.3, -0.25) is 9.10 Å². The molecule has 0 fully saturated rings. The number of nitrogens with one attached hydrogen (secondary N) is 1. The van der Waals surface area contributed by atoms with Gasteiger partial charge in [-0.2, -0.15) is 0 Å². The number of nitrogens with zero attached hydrogens (tertiary/aromatic N) is 1. The Bertz CT molecular complexity index is 1080. The van der Waals surface area contributed by atoms with Crippen LogP contribution in [0.4, 0.5) is 10.1 Å². The predicted molar refractivity (Wildman–Crippen MR) is 110 cm³/mol. The summed E-state index contributed by atoms with van der Waals surface area (Å²) in [6, 6.07) is 20.7. The van der Waals surface area contributed by atoms with Crippen LogP contribution in [-0.2, 0) is 21.4 Å². The molecule has 0 radical (unpaired) electrons. The van der Waals surface area contributed by atoms with E-state index in [-0.39, 0.29) is 17.1 Å². The van der Waals surface area contributed by atoms with Gasteiger partial charge in [0.25, 0.3) is 10.0 Å². The van der Waals surface area contributed by atoms with Gasteiger partial charge in [-0.25, -0.2) is 12.8 Å². The number of amides is 1. The van der Waals surface area contributed by atoms with Gasteiger partial charge >= 0.3 is 0 Å². The van der Waals surface area contributed by atoms with Crippen LogP contribution in [-0.4, -0.2) is 20.9 Å². The number of anilines is 1. The van der Waals surface area contributed by atoms with Gasteiger partial charge in [-0.05, 0) is 36.8 Å². The van der Waals surface area contributed by atoms with Crippen molar-refractivity contribution in [3.63, 3.8) is 0 Å². The Kier molecular flexibility index (Phi) is 6.29. The van der Waals surface area contributed by atoms with Gasteiger partial charge in [0.05, 0.1) is 10.6 Å². The van der Waals surface area contributed by atoms with Crippen molar-refractivity contribution in [2.75, 3.05) is 10.8 Å². The highest BCUT2D eigenvalue weighted by Crippen LogP contribution is 2.25. The molecule has 0 aliphatic carbocycles. The van der Waals surface area contributed by atoms with E-state index in [9.17, 15) is 17.6 Å². The van der Waals surface area contributed by atoms with Crippen molar-refractivity contribution >= 4 is 21.6 Å². The molecule has 5 nitrogen and oxygen atoms in total. The molecule has 0 unspecified atom stereocenters. The van der Waals surface area contributed by atoms with E-state index in [4.69, 9.17) is 0 Å². The first kappa shape index (κ1) is 20.5. The summed E-state index contributed by atoms with van der Waals surface area (Å²) in [5, 5.41) is 2.69. The molecule has 1 N–H and O–H groups in total. The van der Waals surface area contributed by atoms with Crippen molar-refractivity contribution in [1.29, 1.82) is 0 Å². The number of hydrogen-bond donors (Lipinski definition) is 1. The molecule has 0 saturated carbocycles. The second-order valence-electron chi connectivity index (χ2n) is 6.54. The van der Waals surface area contributed by atoms with Gasteiger partial charge in [-0.1, -0.05) is 60.2 Å². The average Bonchev–Trinajstić information content (AvgIpc) is 2.73. The molecule has 29 heavy (non-hydrogen) atoms. The molecule has 3 aromatic rings. The second-order valence-corrected chi connectivity index (χ2v) is 8.40. The smallest absolute Gasteiger partial charge is 0.264 e. The Morgan fingerprint density at radius 1 is 0.931 bits per heavy atom. The molecule has 0 spiro atoms. The molecule has 150 valence electrons. The average molecular weight is 412 g/mol. The van der Waals surface area contributed by atoms with Crippen LogP contribution in [0, 0.1) is 12.7 Å². The fourth-order valence-electron chi connectivity index (χ4n) is 2.77. The lowest BCUT2D eigenvalue weighted by atomic mass is 10.1. The van der Waals surface area contributed by atoms with Crippen molar-refractivity contribution in [3.05, 3.63) is 95.8 Å². The van der Waals surface area contributed by atoms with Crippen molar-refractivity contribution in [1.82, 2.24) is 5.32 Å². The quantitative estimate of drug-likeness (QED) is 0.644. The van der Waals surface area contributed by atoms with Crippen molar-refractivity contribution in [3.8, 4) is 0 Å². The summed E-state index contributed by atoms with van der Waals surface area (Å²) in [6.45, 7) is 1.67. The molecule has 0 saturated heterocycles. The summed E-state index contributed by atoms with van der Waals surface area (Å²) in [7, 11) is -4.13. The van der Waals surface area contributed by atoms with Gasteiger partial charge in [-0.15, -0.1) is 0 Å². The van der Waals surface area contributed by atoms with E-state index in [0.29, 0.717) is 0 Å². The van der Waals surface area contributed by atoms with E-state index in [1.165, 1.54) is 30.3 Å². The maximum atomic E-state index is 14.4. The molecule has 0 aromatic heterocycles. The summed E-state index contributed by atoms with van der Waals surface area (Å²) >= 11 is 0. The van der Waals surface area contributed by atoms with E-state index in [1.54, 1.807) is 18.2 Å². The van der Waals surface area contributed by atoms with Crippen LogP contribution in [0.25, 0.3) is 0 Å². The van der Waals surface area contributed by atoms with Crippen LogP contribution in [0.1, 0.15) is 11.1 Å². The molecular weight excluding hydrogens is 391 g/mol. The van der Waals surface area contributed by atoms with Crippen molar-refractivity contribution in [2.24, 2.45) is 0 Å². The first-order chi connectivity index (χ1) is 13.9. The molecule has 0 aliphatic rings. The largest absolute Gasteiger partial charge is 0.350 e. The number of aryl methyl sites for hydroxylation is 1. The van der Waals surface area contributed by atoms with Crippen LogP contribution in [0.15, 0.2) is 83.8 Å². The molecule has 3 rings (SSSR count).